The minimum atomic E-state index is -1.16. The first-order valence-corrected chi connectivity index (χ1v) is 17.4. The number of hydrogen-bond acceptors (Lipinski definition) is 12. The molecule has 3 aliphatic heterocycles. The van der Waals surface area contributed by atoms with Crippen molar-refractivity contribution in [1.82, 2.24) is 15.1 Å². The van der Waals surface area contributed by atoms with Crippen LogP contribution in [0, 0.1) is 23.7 Å². The highest BCUT2D eigenvalue weighted by atomic mass is 16.7. The smallest absolute Gasteiger partial charge is 0.316 e. The maximum absolute atomic E-state index is 14.2. The SMILES string of the molecule is CC[C@H]1OC(=O)C(C)C(=O)[C@H](C)[C@@H](OC2OC(CN(C)C(C)=O)CC(N(C)C)C2O)[C@](C)(OC)C[C@@H](C)CN[C@H](C)[C@H]2CC(=O)O[C@@]21C. The van der Waals surface area contributed by atoms with Gasteiger partial charge in [0.15, 0.2) is 17.7 Å². The highest BCUT2D eigenvalue weighted by molar-refractivity contribution is 6.00. The fourth-order valence-electron chi connectivity index (χ4n) is 7.87. The summed E-state index contributed by atoms with van der Waals surface area (Å²) < 4.78 is 31.0. The second kappa shape index (κ2) is 16.2. The number of hydrogen-bond donors (Lipinski definition) is 2. The second-order valence-electron chi connectivity index (χ2n) is 15.1. The summed E-state index contributed by atoms with van der Waals surface area (Å²) in [5, 5.41) is 15.1. The number of methoxy groups -OCH3 is 1. The molecule has 3 fully saturated rings. The van der Waals surface area contributed by atoms with Gasteiger partial charge in [0.1, 0.15) is 18.1 Å². The highest BCUT2D eigenvalue weighted by Crippen LogP contribution is 2.42. The van der Waals surface area contributed by atoms with Crippen molar-refractivity contribution in [2.45, 2.75) is 135 Å². The molecule has 13 nitrogen and oxygen atoms in total. The van der Waals surface area contributed by atoms with Gasteiger partial charge in [-0.25, -0.2) is 0 Å². The Hall–Kier alpha value is -2.16. The van der Waals surface area contributed by atoms with E-state index >= 15 is 0 Å². The number of nitrogens with zero attached hydrogens (tertiary/aromatic N) is 2. The average Bonchev–Trinajstić information content (AvgIpc) is 3.34. The van der Waals surface area contributed by atoms with Crippen molar-refractivity contribution >= 4 is 23.6 Å². The van der Waals surface area contributed by atoms with Crippen molar-refractivity contribution in [3.05, 3.63) is 0 Å². The van der Waals surface area contributed by atoms with Gasteiger partial charge in [0.25, 0.3) is 0 Å². The van der Waals surface area contributed by atoms with Gasteiger partial charge in [-0.2, -0.15) is 0 Å². The zero-order chi connectivity index (χ0) is 36.3. The molecule has 0 aliphatic carbocycles. The molecular weight excluding hydrogens is 622 g/mol. The lowest BCUT2D eigenvalue weighted by Gasteiger charge is -2.47. The first-order chi connectivity index (χ1) is 22.3. The second-order valence-corrected chi connectivity index (χ2v) is 15.1. The third-order valence-electron chi connectivity index (χ3n) is 11.1. The summed E-state index contributed by atoms with van der Waals surface area (Å²) in [6.45, 7) is 15.2. The molecule has 3 heterocycles. The molecule has 5 unspecified atom stereocenters. The van der Waals surface area contributed by atoms with Gasteiger partial charge in [-0.15, -0.1) is 0 Å². The molecule has 276 valence electrons. The number of cyclic esters (lactones) is 1. The molecule has 0 aromatic carbocycles. The van der Waals surface area contributed by atoms with Gasteiger partial charge >= 0.3 is 11.9 Å². The van der Waals surface area contributed by atoms with Gasteiger partial charge in [-0.3, -0.25) is 19.2 Å². The van der Waals surface area contributed by atoms with E-state index < -0.39 is 65.5 Å². The van der Waals surface area contributed by atoms with Crippen molar-refractivity contribution in [3.63, 3.8) is 0 Å². The molecule has 0 spiro atoms. The number of amides is 1. The van der Waals surface area contributed by atoms with Gasteiger partial charge < -0.3 is 43.9 Å². The molecule has 3 saturated heterocycles. The highest BCUT2D eigenvalue weighted by Gasteiger charge is 2.55. The predicted octanol–water partition coefficient (Wildman–Crippen LogP) is 2.16. The van der Waals surface area contributed by atoms with Crippen LogP contribution in [0.3, 0.4) is 0 Å². The number of aliphatic hydroxyl groups excluding tert-OH is 1. The molecule has 13 atom stereocenters. The van der Waals surface area contributed by atoms with Crippen molar-refractivity contribution in [1.29, 1.82) is 0 Å². The lowest BCUT2D eigenvalue weighted by atomic mass is 9.78. The molecule has 0 bridgehead atoms. The number of esters is 2. The zero-order valence-electron chi connectivity index (χ0n) is 31.1. The summed E-state index contributed by atoms with van der Waals surface area (Å²) in [7, 11) is 6.97. The van der Waals surface area contributed by atoms with Crippen molar-refractivity contribution in [2.75, 3.05) is 41.3 Å². The van der Waals surface area contributed by atoms with Crippen LogP contribution >= 0.6 is 0 Å². The van der Waals surface area contributed by atoms with E-state index in [4.69, 9.17) is 23.7 Å². The van der Waals surface area contributed by atoms with Crippen molar-refractivity contribution < 1.29 is 48.0 Å². The normalized spacial score (nSPS) is 42.0. The van der Waals surface area contributed by atoms with Gasteiger partial charge in [0.05, 0.1) is 24.2 Å². The number of carbonyl (C=O) groups is 4. The van der Waals surface area contributed by atoms with Crippen LogP contribution in [0.15, 0.2) is 0 Å². The van der Waals surface area contributed by atoms with E-state index in [9.17, 15) is 24.3 Å². The van der Waals surface area contributed by atoms with E-state index in [2.05, 4.69) is 12.2 Å². The Bertz CT molecular complexity index is 1150. The first kappa shape index (κ1) is 40.3. The minimum Gasteiger partial charge on any atom is -0.458 e. The summed E-state index contributed by atoms with van der Waals surface area (Å²) in [5.74, 6) is -3.88. The van der Waals surface area contributed by atoms with Crippen molar-refractivity contribution in [3.8, 4) is 0 Å². The first-order valence-electron chi connectivity index (χ1n) is 17.4. The summed E-state index contributed by atoms with van der Waals surface area (Å²) in [6.07, 6.45) is -2.87. The molecule has 0 saturated carbocycles. The molecule has 48 heavy (non-hydrogen) atoms. The number of rotatable bonds is 7. The van der Waals surface area contributed by atoms with E-state index in [0.717, 1.165) is 0 Å². The molecule has 0 radical (unpaired) electrons. The van der Waals surface area contributed by atoms with Crippen LogP contribution in [0.1, 0.15) is 81.1 Å². The number of carbonyl (C=O) groups excluding carboxylic acids is 4. The van der Waals surface area contributed by atoms with Gasteiger partial charge in [-0.05, 0) is 73.5 Å². The van der Waals surface area contributed by atoms with Gasteiger partial charge in [0, 0.05) is 51.5 Å². The fourth-order valence-corrected chi connectivity index (χ4v) is 7.87. The number of likely N-dealkylation sites (N-methyl/N-ethyl adjacent to an activating group) is 2. The monoisotopic (exact) mass is 683 g/mol. The fraction of sp³-hybridized carbons (Fsp3) is 0.886. The van der Waals surface area contributed by atoms with Crippen LogP contribution in [0.4, 0.5) is 0 Å². The number of ether oxygens (including phenoxy) is 5. The quantitative estimate of drug-likeness (QED) is 0.299. The van der Waals surface area contributed by atoms with Crippen molar-refractivity contribution in [2.24, 2.45) is 23.7 Å². The molecule has 2 N–H and O–H groups in total. The van der Waals surface area contributed by atoms with E-state index in [-0.39, 0.29) is 42.2 Å². The standard InChI is InChI=1S/C35H61N3O10/c1-13-27-35(8)25(15-28(40)48-35)22(5)36-17-19(2)16-34(7,44-12)31(20(3)29(41)21(4)32(43)46-27)47-33-30(42)26(37(9)10)14-24(45-33)18-38(11)23(6)39/h19-22,24-27,30-31,33,36,42H,13-18H2,1-12H3/t19-,20+,21?,22-,24?,25-,26?,27-,30?,31-,33?,34-,35+/m1/s1. The Morgan fingerprint density at radius 3 is 2.31 bits per heavy atom. The number of ketones is 1. The van der Waals surface area contributed by atoms with E-state index in [1.165, 1.54) is 13.8 Å². The van der Waals surface area contributed by atoms with E-state index in [1.807, 2.05) is 46.7 Å². The van der Waals surface area contributed by atoms with Gasteiger partial charge in [-0.1, -0.05) is 20.8 Å². The Morgan fingerprint density at radius 2 is 1.75 bits per heavy atom. The van der Waals surface area contributed by atoms with Crippen LogP contribution < -0.4 is 5.32 Å². The third kappa shape index (κ3) is 8.76. The lowest BCUT2D eigenvalue weighted by molar-refractivity contribution is -0.298. The van der Waals surface area contributed by atoms with Crippen LogP contribution in [-0.4, -0.2) is 134 Å². The van der Waals surface area contributed by atoms with Crippen LogP contribution in [0.5, 0.6) is 0 Å². The van der Waals surface area contributed by atoms with Crippen LogP contribution in [0.2, 0.25) is 0 Å². The minimum absolute atomic E-state index is 0.0150. The Balaban J connectivity index is 2.03. The topological polar surface area (TPSA) is 153 Å². The summed E-state index contributed by atoms with van der Waals surface area (Å²) in [6, 6.07) is -0.505. The summed E-state index contributed by atoms with van der Waals surface area (Å²) >= 11 is 0. The Labute approximate surface area is 286 Å². The molecule has 0 aromatic rings. The van der Waals surface area contributed by atoms with Crippen LogP contribution in [-0.2, 0) is 42.9 Å². The molecule has 0 aromatic heterocycles. The lowest BCUT2D eigenvalue weighted by Crippen LogP contribution is -2.60. The largest absolute Gasteiger partial charge is 0.458 e. The third-order valence-corrected chi connectivity index (χ3v) is 11.1. The molecular formula is C35H61N3O10. The number of nitrogens with one attached hydrogen (secondary N) is 1. The molecule has 3 aliphatic rings. The van der Waals surface area contributed by atoms with E-state index in [0.29, 0.717) is 32.4 Å². The molecule has 1 amide bonds. The Morgan fingerprint density at radius 1 is 1.10 bits per heavy atom. The predicted molar refractivity (Wildman–Crippen MR) is 178 cm³/mol. The van der Waals surface area contributed by atoms with E-state index in [1.54, 1.807) is 26.0 Å². The van der Waals surface area contributed by atoms with Gasteiger partial charge in [0.2, 0.25) is 5.91 Å². The maximum atomic E-state index is 14.2. The zero-order valence-corrected chi connectivity index (χ0v) is 31.1. The number of aliphatic hydroxyl groups is 1. The molecule has 13 heteroatoms. The summed E-state index contributed by atoms with van der Waals surface area (Å²) in [5.41, 5.74) is -2.13. The number of fused-ring (bicyclic) bond motifs is 1. The maximum Gasteiger partial charge on any atom is 0.316 e. The van der Waals surface area contributed by atoms with Crippen LogP contribution in [0.25, 0.3) is 0 Å². The molecule has 3 rings (SSSR count). The average molecular weight is 684 g/mol. The number of Topliss-reactive ketones (excluding diaryl/α,β-unsaturated/α-hetero) is 1. The summed E-state index contributed by atoms with van der Waals surface area (Å²) in [4.78, 5) is 55.9. The Kier molecular flexibility index (Phi) is 13.6.